The fourth-order valence-electron chi connectivity index (χ4n) is 2.64. The van der Waals surface area contributed by atoms with Crippen molar-refractivity contribution in [1.82, 2.24) is 14.5 Å². The fourth-order valence-corrected chi connectivity index (χ4v) is 3.39. The molecule has 0 fully saturated rings. The molecule has 28 heavy (non-hydrogen) atoms. The molecule has 1 aromatic heterocycles. The van der Waals surface area contributed by atoms with Gasteiger partial charge in [-0.05, 0) is 36.4 Å². The molecule has 2 aromatic carbocycles. The number of nitro benzene ring substituents is 1. The van der Waals surface area contributed by atoms with Crippen molar-refractivity contribution < 1.29 is 13.3 Å². The van der Waals surface area contributed by atoms with E-state index in [4.69, 9.17) is 0 Å². The Hall–Kier alpha value is -3.24. The summed E-state index contributed by atoms with van der Waals surface area (Å²) in [4.78, 5) is 10.6. The molecule has 1 heterocycles. The molecular weight excluding hydrogens is 382 g/mol. The number of sulfonamides is 1. The average molecular weight is 401 g/mol. The van der Waals surface area contributed by atoms with Gasteiger partial charge in [-0.25, -0.2) is 13.1 Å². The summed E-state index contributed by atoms with van der Waals surface area (Å²) >= 11 is 0. The minimum atomic E-state index is -3.75. The molecule has 146 valence electrons. The Morgan fingerprint density at radius 1 is 1.14 bits per heavy atom. The first-order valence-corrected chi connectivity index (χ1v) is 9.88. The maximum Gasteiger partial charge on any atom is 0.293 e. The molecule has 0 unspecified atom stereocenters. The van der Waals surface area contributed by atoms with Crippen molar-refractivity contribution in [2.45, 2.75) is 18.0 Å². The third-order valence-corrected chi connectivity index (χ3v) is 5.57. The van der Waals surface area contributed by atoms with Crippen LogP contribution in [-0.4, -0.2) is 30.2 Å². The van der Waals surface area contributed by atoms with E-state index in [-0.39, 0.29) is 16.3 Å². The lowest BCUT2D eigenvalue weighted by atomic mass is 10.1. The standard InChI is InChI=1S/C18H19N5O4S/c1-19-28(26,27)16-7-8-17(18(11-16)23(24)25)20-12-14-3-5-15(6-4-14)13-22-10-2-9-21-22/h2-11,19-20H,12-13H2,1H3. The molecule has 0 atom stereocenters. The molecule has 9 nitrogen and oxygen atoms in total. The second kappa shape index (κ2) is 8.19. The Labute approximate surface area is 162 Å². The molecule has 0 saturated heterocycles. The summed E-state index contributed by atoms with van der Waals surface area (Å²) in [7, 11) is -2.50. The number of hydrogen-bond donors (Lipinski definition) is 2. The quantitative estimate of drug-likeness (QED) is 0.442. The Bertz CT molecular complexity index is 1060. The number of anilines is 1. The molecular formula is C18H19N5O4S. The van der Waals surface area contributed by atoms with Gasteiger partial charge in [-0.15, -0.1) is 0 Å². The van der Waals surface area contributed by atoms with E-state index in [0.717, 1.165) is 17.2 Å². The maximum atomic E-state index is 11.9. The van der Waals surface area contributed by atoms with Gasteiger partial charge in [0, 0.05) is 25.0 Å². The van der Waals surface area contributed by atoms with E-state index in [0.29, 0.717) is 13.1 Å². The molecule has 0 bridgehead atoms. The second-order valence-electron chi connectivity index (χ2n) is 6.02. The second-order valence-corrected chi connectivity index (χ2v) is 7.90. The minimum absolute atomic E-state index is 0.157. The maximum absolute atomic E-state index is 11.9. The van der Waals surface area contributed by atoms with E-state index in [1.54, 1.807) is 6.20 Å². The van der Waals surface area contributed by atoms with Crippen LogP contribution in [0.5, 0.6) is 0 Å². The molecule has 10 heteroatoms. The Morgan fingerprint density at radius 3 is 2.46 bits per heavy atom. The van der Waals surface area contributed by atoms with Gasteiger partial charge in [-0.2, -0.15) is 5.10 Å². The van der Waals surface area contributed by atoms with Gasteiger partial charge in [0.25, 0.3) is 5.69 Å². The first-order valence-electron chi connectivity index (χ1n) is 8.40. The molecule has 0 radical (unpaired) electrons. The predicted octanol–water partition coefficient (Wildman–Crippen LogP) is 2.36. The van der Waals surface area contributed by atoms with Crippen LogP contribution in [0.4, 0.5) is 11.4 Å². The molecule has 0 spiro atoms. The highest BCUT2D eigenvalue weighted by Crippen LogP contribution is 2.28. The van der Waals surface area contributed by atoms with Gasteiger partial charge in [0.15, 0.2) is 0 Å². The average Bonchev–Trinajstić information content (AvgIpc) is 3.20. The van der Waals surface area contributed by atoms with Gasteiger partial charge in [-0.3, -0.25) is 14.8 Å². The molecule has 0 aliphatic heterocycles. The van der Waals surface area contributed by atoms with E-state index < -0.39 is 14.9 Å². The van der Waals surface area contributed by atoms with E-state index in [1.165, 1.54) is 19.2 Å². The van der Waals surface area contributed by atoms with Crippen LogP contribution in [0.2, 0.25) is 0 Å². The van der Waals surface area contributed by atoms with Crippen molar-refractivity contribution in [3.05, 3.63) is 82.2 Å². The van der Waals surface area contributed by atoms with Gasteiger partial charge in [0.05, 0.1) is 16.4 Å². The zero-order chi connectivity index (χ0) is 20.1. The molecule has 3 aromatic rings. The van der Waals surface area contributed by atoms with Crippen molar-refractivity contribution in [2.24, 2.45) is 0 Å². The van der Waals surface area contributed by atoms with Crippen LogP contribution in [0.25, 0.3) is 0 Å². The monoisotopic (exact) mass is 401 g/mol. The number of hydrogen-bond acceptors (Lipinski definition) is 6. The number of nitrogens with one attached hydrogen (secondary N) is 2. The highest BCUT2D eigenvalue weighted by atomic mass is 32.2. The summed E-state index contributed by atoms with van der Waals surface area (Å²) in [6.07, 6.45) is 3.60. The lowest BCUT2D eigenvalue weighted by Gasteiger charge is -2.10. The molecule has 3 rings (SSSR count). The minimum Gasteiger partial charge on any atom is -0.375 e. The predicted molar refractivity (Wildman–Crippen MR) is 104 cm³/mol. The van der Waals surface area contributed by atoms with Crippen molar-refractivity contribution in [2.75, 3.05) is 12.4 Å². The summed E-state index contributed by atoms with van der Waals surface area (Å²) in [5, 5.41) is 18.5. The van der Waals surface area contributed by atoms with E-state index >= 15 is 0 Å². The highest BCUT2D eigenvalue weighted by molar-refractivity contribution is 7.89. The summed E-state index contributed by atoms with van der Waals surface area (Å²) in [5.74, 6) is 0. The van der Waals surface area contributed by atoms with Gasteiger partial charge in [0.1, 0.15) is 5.69 Å². The molecule has 0 saturated carbocycles. The molecule has 0 aliphatic carbocycles. The van der Waals surface area contributed by atoms with Crippen LogP contribution in [0, 0.1) is 10.1 Å². The topological polar surface area (TPSA) is 119 Å². The Morgan fingerprint density at radius 2 is 1.86 bits per heavy atom. The van der Waals surface area contributed by atoms with Crippen LogP contribution >= 0.6 is 0 Å². The summed E-state index contributed by atoms with van der Waals surface area (Å²) < 4.78 is 27.7. The van der Waals surface area contributed by atoms with Crippen molar-refractivity contribution in [1.29, 1.82) is 0 Å². The molecule has 0 aliphatic rings. The van der Waals surface area contributed by atoms with E-state index in [1.807, 2.05) is 41.2 Å². The SMILES string of the molecule is CNS(=O)(=O)c1ccc(NCc2ccc(Cn3cccn3)cc2)c([N+](=O)[O-])c1. The lowest BCUT2D eigenvalue weighted by molar-refractivity contribution is -0.384. The third-order valence-electron chi connectivity index (χ3n) is 4.15. The van der Waals surface area contributed by atoms with Gasteiger partial charge in [0.2, 0.25) is 10.0 Å². The van der Waals surface area contributed by atoms with Crippen molar-refractivity contribution >= 4 is 21.4 Å². The van der Waals surface area contributed by atoms with Crippen LogP contribution in [0.1, 0.15) is 11.1 Å². The van der Waals surface area contributed by atoms with Crippen molar-refractivity contribution in [3.63, 3.8) is 0 Å². The molecule has 2 N–H and O–H groups in total. The lowest BCUT2D eigenvalue weighted by Crippen LogP contribution is -2.18. The van der Waals surface area contributed by atoms with Crippen LogP contribution in [-0.2, 0) is 23.1 Å². The van der Waals surface area contributed by atoms with Crippen molar-refractivity contribution in [3.8, 4) is 0 Å². The summed E-state index contributed by atoms with van der Waals surface area (Å²) in [5.41, 5.74) is 1.97. The number of nitro groups is 1. The number of benzene rings is 2. The zero-order valence-corrected chi connectivity index (χ0v) is 15.9. The Balaban J connectivity index is 1.72. The number of nitrogens with zero attached hydrogens (tertiary/aromatic N) is 3. The summed E-state index contributed by atoms with van der Waals surface area (Å²) in [6, 6.07) is 13.4. The normalized spacial score (nSPS) is 11.3. The highest BCUT2D eigenvalue weighted by Gasteiger charge is 2.20. The van der Waals surface area contributed by atoms with Gasteiger partial charge < -0.3 is 5.32 Å². The third kappa shape index (κ3) is 4.53. The van der Waals surface area contributed by atoms with E-state index in [2.05, 4.69) is 15.1 Å². The molecule has 0 amide bonds. The van der Waals surface area contributed by atoms with Gasteiger partial charge in [-0.1, -0.05) is 24.3 Å². The zero-order valence-electron chi connectivity index (χ0n) is 15.1. The first kappa shape index (κ1) is 19.5. The Kier molecular flexibility index (Phi) is 5.71. The number of rotatable bonds is 8. The van der Waals surface area contributed by atoms with Crippen LogP contribution in [0.15, 0.2) is 65.8 Å². The summed E-state index contributed by atoms with van der Waals surface area (Å²) in [6.45, 7) is 1.02. The fraction of sp³-hybridized carbons (Fsp3) is 0.167. The smallest absolute Gasteiger partial charge is 0.293 e. The van der Waals surface area contributed by atoms with Gasteiger partial charge >= 0.3 is 0 Å². The van der Waals surface area contributed by atoms with E-state index in [9.17, 15) is 18.5 Å². The van der Waals surface area contributed by atoms with Crippen LogP contribution < -0.4 is 10.0 Å². The largest absolute Gasteiger partial charge is 0.375 e. The van der Waals surface area contributed by atoms with Crippen LogP contribution in [0.3, 0.4) is 0 Å². The number of aromatic nitrogens is 2. The first-order chi connectivity index (χ1) is 13.4.